The van der Waals surface area contributed by atoms with E-state index in [4.69, 9.17) is 9.47 Å². The first-order chi connectivity index (χ1) is 18.4. The topological polar surface area (TPSA) is 76.1 Å². The predicted molar refractivity (Wildman–Crippen MR) is 149 cm³/mol. The smallest absolute Gasteiger partial charge is 0.316 e. The molecule has 0 radical (unpaired) electrons. The number of phenolic OH excluding ortho intramolecular Hbond substituents is 1. The number of aryl methyl sites for hydroxylation is 1. The highest BCUT2D eigenvalue weighted by molar-refractivity contribution is 6.07. The van der Waals surface area contributed by atoms with Crippen molar-refractivity contribution in [1.82, 2.24) is 0 Å². The molecule has 0 spiro atoms. The Hall–Kier alpha value is -3.87. The summed E-state index contributed by atoms with van der Waals surface area (Å²) >= 11 is 0. The minimum absolute atomic E-state index is 0.131. The van der Waals surface area contributed by atoms with E-state index in [0.717, 1.165) is 36.5 Å². The summed E-state index contributed by atoms with van der Waals surface area (Å²) in [6, 6.07) is 15.0. The summed E-state index contributed by atoms with van der Waals surface area (Å²) in [5.41, 5.74) is 3.61. The van der Waals surface area contributed by atoms with Gasteiger partial charge in [0.2, 0.25) is 0 Å². The van der Waals surface area contributed by atoms with Gasteiger partial charge in [-0.3, -0.25) is 9.59 Å². The maximum Gasteiger partial charge on any atom is 0.316 e. The van der Waals surface area contributed by atoms with Crippen LogP contribution in [0.4, 0.5) is 10.1 Å². The van der Waals surface area contributed by atoms with Crippen molar-refractivity contribution < 1.29 is 28.6 Å². The maximum atomic E-state index is 14.1. The van der Waals surface area contributed by atoms with Crippen molar-refractivity contribution in [3.8, 4) is 17.2 Å². The van der Waals surface area contributed by atoms with Crippen LogP contribution in [-0.2, 0) is 17.6 Å². The summed E-state index contributed by atoms with van der Waals surface area (Å²) in [5.74, 6) is -0.674. The van der Waals surface area contributed by atoms with Crippen LogP contribution in [0.15, 0.2) is 54.6 Å². The van der Waals surface area contributed by atoms with Crippen molar-refractivity contribution in [1.29, 1.82) is 0 Å². The van der Waals surface area contributed by atoms with Crippen LogP contribution in [0.2, 0.25) is 0 Å². The third-order valence-corrected chi connectivity index (χ3v) is 7.10. The fourth-order valence-corrected chi connectivity index (χ4v) is 4.93. The third kappa shape index (κ3) is 6.08. The summed E-state index contributed by atoms with van der Waals surface area (Å²) in [7, 11) is 1.58. The highest BCUT2D eigenvalue weighted by Gasteiger charge is 2.30. The number of anilines is 1. The molecule has 7 heteroatoms. The SMILES string of the molecule is COc1ccc(C2CCc3cc(OC(=O)C(C)(C)C)ccc3C2)c(N(C(=O)c2ccc(O)c(F)c2)C(C)C)c1. The average molecular weight is 534 g/mol. The first-order valence-electron chi connectivity index (χ1n) is 13.2. The molecule has 1 aliphatic rings. The standard InChI is InChI=1S/C32H36FNO5/c1-19(2)34(30(36)23-10-14-29(35)27(33)17-23)28-18-24(38-6)12-13-26(28)22-8-7-21-16-25(11-9-20(21)15-22)39-31(37)32(3,4)5/h9-14,16-19,22,35H,7-8,15H2,1-6H3. The van der Waals surface area contributed by atoms with Gasteiger partial charge >= 0.3 is 5.97 Å². The van der Waals surface area contributed by atoms with Crippen LogP contribution in [0.3, 0.4) is 0 Å². The lowest BCUT2D eigenvalue weighted by Crippen LogP contribution is -2.38. The molecule has 0 saturated carbocycles. The molecule has 0 fully saturated rings. The van der Waals surface area contributed by atoms with Gasteiger partial charge in [-0.15, -0.1) is 0 Å². The van der Waals surface area contributed by atoms with E-state index in [9.17, 15) is 19.1 Å². The number of phenols is 1. The number of nitrogens with zero attached hydrogens (tertiary/aromatic N) is 1. The summed E-state index contributed by atoms with van der Waals surface area (Å²) in [4.78, 5) is 27.7. The highest BCUT2D eigenvalue weighted by atomic mass is 19.1. The number of rotatable bonds is 6. The van der Waals surface area contributed by atoms with E-state index in [2.05, 4.69) is 0 Å². The van der Waals surface area contributed by atoms with Gasteiger partial charge in [0.25, 0.3) is 5.91 Å². The number of fused-ring (bicyclic) bond motifs is 1. The van der Waals surface area contributed by atoms with Gasteiger partial charge in [-0.2, -0.15) is 0 Å². The van der Waals surface area contributed by atoms with Crippen LogP contribution in [-0.4, -0.2) is 30.1 Å². The monoisotopic (exact) mass is 533 g/mol. The van der Waals surface area contributed by atoms with E-state index in [0.29, 0.717) is 17.2 Å². The Kier molecular flexibility index (Phi) is 8.00. The largest absolute Gasteiger partial charge is 0.505 e. The van der Waals surface area contributed by atoms with Crippen LogP contribution in [0.5, 0.6) is 17.2 Å². The predicted octanol–water partition coefficient (Wildman–Crippen LogP) is 6.82. The van der Waals surface area contributed by atoms with E-state index in [1.165, 1.54) is 17.7 Å². The lowest BCUT2D eigenvalue weighted by atomic mass is 9.79. The minimum atomic E-state index is -0.841. The molecule has 0 aromatic heterocycles. The molecule has 0 bridgehead atoms. The second-order valence-corrected chi connectivity index (χ2v) is 11.4. The Balaban J connectivity index is 1.67. The number of ether oxygens (including phenoxy) is 2. The van der Waals surface area contributed by atoms with Crippen molar-refractivity contribution in [3.05, 3.63) is 82.7 Å². The first-order valence-corrected chi connectivity index (χ1v) is 13.2. The number of amides is 1. The number of aromatic hydroxyl groups is 1. The van der Waals surface area contributed by atoms with Crippen LogP contribution in [0.1, 0.15) is 74.0 Å². The average Bonchev–Trinajstić information content (AvgIpc) is 2.89. The highest BCUT2D eigenvalue weighted by Crippen LogP contribution is 2.41. The summed E-state index contributed by atoms with van der Waals surface area (Å²) in [6.07, 6.45) is 2.40. The summed E-state index contributed by atoms with van der Waals surface area (Å²) < 4.78 is 25.2. The molecule has 1 N–H and O–H groups in total. The number of hydrogen-bond donors (Lipinski definition) is 1. The van der Waals surface area contributed by atoms with Gasteiger partial charge in [-0.1, -0.05) is 12.1 Å². The number of methoxy groups -OCH3 is 1. The molecule has 3 aromatic carbocycles. The zero-order chi connectivity index (χ0) is 28.5. The lowest BCUT2D eigenvalue weighted by Gasteiger charge is -2.33. The Bertz CT molecular complexity index is 1390. The van der Waals surface area contributed by atoms with E-state index >= 15 is 0 Å². The Morgan fingerprint density at radius 2 is 1.72 bits per heavy atom. The molecule has 6 nitrogen and oxygen atoms in total. The maximum absolute atomic E-state index is 14.1. The van der Waals surface area contributed by atoms with Crippen molar-refractivity contribution >= 4 is 17.6 Å². The number of hydrogen-bond acceptors (Lipinski definition) is 5. The summed E-state index contributed by atoms with van der Waals surface area (Å²) in [5, 5.41) is 9.61. The van der Waals surface area contributed by atoms with Crippen molar-refractivity contribution in [2.75, 3.05) is 12.0 Å². The van der Waals surface area contributed by atoms with E-state index in [1.807, 2.05) is 71.0 Å². The van der Waals surface area contributed by atoms with Crippen LogP contribution in [0.25, 0.3) is 0 Å². The summed E-state index contributed by atoms with van der Waals surface area (Å²) in [6.45, 7) is 9.30. The molecule has 3 aromatic rings. The Labute approximate surface area is 229 Å². The van der Waals surface area contributed by atoms with E-state index in [-0.39, 0.29) is 29.4 Å². The van der Waals surface area contributed by atoms with Crippen molar-refractivity contribution in [3.63, 3.8) is 0 Å². The molecule has 0 aliphatic heterocycles. The number of esters is 1. The molecule has 0 saturated heterocycles. The normalized spacial score (nSPS) is 15.0. The minimum Gasteiger partial charge on any atom is -0.505 e. The Morgan fingerprint density at radius 3 is 2.36 bits per heavy atom. The molecule has 206 valence electrons. The van der Waals surface area contributed by atoms with E-state index < -0.39 is 17.0 Å². The number of carbonyl (C=O) groups is 2. The quantitative estimate of drug-likeness (QED) is 0.278. The van der Waals surface area contributed by atoms with Crippen LogP contribution in [0, 0.1) is 11.2 Å². The van der Waals surface area contributed by atoms with Gasteiger partial charge < -0.3 is 19.5 Å². The number of halogens is 1. The van der Waals surface area contributed by atoms with Crippen LogP contribution < -0.4 is 14.4 Å². The van der Waals surface area contributed by atoms with Crippen molar-refractivity contribution in [2.24, 2.45) is 5.41 Å². The lowest BCUT2D eigenvalue weighted by molar-refractivity contribution is -0.143. The third-order valence-electron chi connectivity index (χ3n) is 7.10. The zero-order valence-corrected chi connectivity index (χ0v) is 23.4. The molecule has 0 heterocycles. The van der Waals surface area contributed by atoms with Gasteiger partial charge in [-0.25, -0.2) is 4.39 Å². The number of benzene rings is 3. The van der Waals surface area contributed by atoms with Gasteiger partial charge in [-0.05, 0) is 113 Å². The second-order valence-electron chi connectivity index (χ2n) is 11.4. The van der Waals surface area contributed by atoms with Crippen molar-refractivity contribution in [2.45, 2.75) is 65.8 Å². The van der Waals surface area contributed by atoms with Crippen LogP contribution >= 0.6 is 0 Å². The fraction of sp³-hybridized carbons (Fsp3) is 0.375. The van der Waals surface area contributed by atoms with Gasteiger partial charge in [0.05, 0.1) is 18.2 Å². The van der Waals surface area contributed by atoms with Gasteiger partial charge in [0.15, 0.2) is 11.6 Å². The zero-order valence-electron chi connectivity index (χ0n) is 23.4. The molecule has 39 heavy (non-hydrogen) atoms. The molecule has 1 unspecified atom stereocenters. The molecular weight excluding hydrogens is 497 g/mol. The fourth-order valence-electron chi connectivity index (χ4n) is 4.93. The molecule has 4 rings (SSSR count). The number of carbonyl (C=O) groups excluding carboxylic acids is 2. The second kappa shape index (κ2) is 11.1. The Morgan fingerprint density at radius 1 is 1.00 bits per heavy atom. The first kappa shape index (κ1) is 28.1. The van der Waals surface area contributed by atoms with E-state index in [1.54, 1.807) is 12.0 Å². The molecule has 1 atom stereocenters. The van der Waals surface area contributed by atoms with Gasteiger partial charge in [0, 0.05) is 17.7 Å². The molecule has 1 aliphatic carbocycles. The van der Waals surface area contributed by atoms with Gasteiger partial charge in [0.1, 0.15) is 11.5 Å². The molecular formula is C32H36FNO5. The molecule has 1 amide bonds.